The van der Waals surface area contributed by atoms with Crippen LogP contribution in [0.15, 0.2) is 29.3 Å². The molecular weight excluding hydrogens is 226 g/mol. The Hall–Kier alpha value is -1.55. The lowest BCUT2D eigenvalue weighted by Crippen LogP contribution is -2.43. The Morgan fingerprint density at radius 3 is 3.12 bits per heavy atom. The number of nitrogens with one attached hydrogen (secondary N) is 1. The third-order valence-electron chi connectivity index (χ3n) is 2.79. The number of alkyl halides is 1. The number of amides is 2. The van der Waals surface area contributed by atoms with Gasteiger partial charge in [0, 0.05) is 11.4 Å². The average Bonchev–Trinajstić information content (AvgIpc) is 2.74. The van der Waals surface area contributed by atoms with Crippen LogP contribution in [0.4, 0.5) is 10.5 Å². The van der Waals surface area contributed by atoms with Crippen molar-refractivity contribution in [2.24, 2.45) is 4.99 Å². The molecule has 0 fully saturated rings. The summed E-state index contributed by atoms with van der Waals surface area (Å²) >= 11 is 5.78. The smallest absolute Gasteiger partial charge is 0.307 e. The van der Waals surface area contributed by atoms with Crippen LogP contribution in [0, 0.1) is 0 Å². The van der Waals surface area contributed by atoms with Gasteiger partial charge < -0.3 is 5.32 Å². The maximum absolute atomic E-state index is 11.8. The van der Waals surface area contributed by atoms with Gasteiger partial charge in [-0.3, -0.25) is 9.89 Å². The topological polar surface area (TPSA) is 44.7 Å². The minimum absolute atomic E-state index is 0.00794. The van der Waals surface area contributed by atoms with E-state index in [1.54, 1.807) is 4.90 Å². The Morgan fingerprint density at radius 2 is 2.31 bits per heavy atom. The van der Waals surface area contributed by atoms with Gasteiger partial charge in [0.2, 0.25) is 0 Å². The highest BCUT2D eigenvalue weighted by molar-refractivity contribution is 6.21. The molecule has 1 unspecified atom stereocenters. The minimum atomic E-state index is -0.120. The summed E-state index contributed by atoms with van der Waals surface area (Å²) in [6.07, 6.45) is 0. The first kappa shape index (κ1) is 9.66. The summed E-state index contributed by atoms with van der Waals surface area (Å²) in [6, 6.07) is 7.55. The highest BCUT2D eigenvalue weighted by Crippen LogP contribution is 2.27. The minimum Gasteiger partial charge on any atom is -0.307 e. The van der Waals surface area contributed by atoms with E-state index in [4.69, 9.17) is 11.6 Å². The Kier molecular flexibility index (Phi) is 2.11. The summed E-state index contributed by atoms with van der Waals surface area (Å²) in [4.78, 5) is 17.9. The van der Waals surface area contributed by atoms with Crippen LogP contribution in [0.2, 0.25) is 0 Å². The fourth-order valence-electron chi connectivity index (χ4n) is 2.03. The number of para-hydroxylation sites is 1. The quantitative estimate of drug-likeness (QED) is 0.743. The van der Waals surface area contributed by atoms with E-state index in [9.17, 15) is 4.79 Å². The van der Waals surface area contributed by atoms with Crippen LogP contribution in [-0.4, -0.2) is 35.2 Å². The Morgan fingerprint density at radius 1 is 1.50 bits per heavy atom. The van der Waals surface area contributed by atoms with Gasteiger partial charge in [-0.1, -0.05) is 12.1 Å². The Labute approximate surface area is 97.9 Å². The van der Waals surface area contributed by atoms with Crippen molar-refractivity contribution in [2.75, 3.05) is 17.7 Å². The maximum atomic E-state index is 11.8. The Balaban J connectivity index is 2.11. The van der Waals surface area contributed by atoms with Crippen molar-refractivity contribution in [1.29, 1.82) is 0 Å². The lowest BCUT2D eigenvalue weighted by atomic mass is 10.1. The van der Waals surface area contributed by atoms with E-state index >= 15 is 0 Å². The van der Waals surface area contributed by atoms with Crippen molar-refractivity contribution in [2.45, 2.75) is 6.04 Å². The second kappa shape index (κ2) is 3.49. The summed E-state index contributed by atoms with van der Waals surface area (Å²) < 4.78 is 0. The zero-order valence-corrected chi connectivity index (χ0v) is 9.24. The number of urea groups is 1. The molecule has 1 aromatic carbocycles. The molecule has 1 atom stereocenters. The molecule has 4 nitrogen and oxygen atoms in total. The molecule has 16 heavy (non-hydrogen) atoms. The molecule has 1 aromatic rings. The van der Waals surface area contributed by atoms with Crippen molar-refractivity contribution < 1.29 is 4.79 Å². The van der Waals surface area contributed by atoms with Crippen LogP contribution < -0.4 is 5.32 Å². The molecule has 0 aliphatic carbocycles. The van der Waals surface area contributed by atoms with Gasteiger partial charge in [0.05, 0.1) is 18.3 Å². The number of hydrogen-bond acceptors (Lipinski definition) is 2. The summed E-state index contributed by atoms with van der Waals surface area (Å²) in [5, 5.41) is 2.84. The SMILES string of the molecule is O=C1Nc2ccccc2C2=NC(CCl)CN12. The second-order valence-electron chi connectivity index (χ2n) is 3.85. The first-order chi connectivity index (χ1) is 7.79. The molecular formula is C11H10ClN3O. The number of carbonyl (C=O) groups is 1. The number of nitrogens with zero attached hydrogens (tertiary/aromatic N) is 2. The summed E-state index contributed by atoms with van der Waals surface area (Å²) in [5.74, 6) is 1.18. The van der Waals surface area contributed by atoms with Crippen molar-refractivity contribution >= 4 is 29.2 Å². The van der Waals surface area contributed by atoms with E-state index in [1.165, 1.54) is 0 Å². The van der Waals surface area contributed by atoms with Crippen LogP contribution in [0.3, 0.4) is 0 Å². The lowest BCUT2D eigenvalue weighted by molar-refractivity contribution is 0.234. The number of benzene rings is 1. The Bertz CT molecular complexity index is 486. The highest BCUT2D eigenvalue weighted by Gasteiger charge is 2.35. The fourth-order valence-corrected chi connectivity index (χ4v) is 2.19. The lowest BCUT2D eigenvalue weighted by Gasteiger charge is -2.26. The normalized spacial score (nSPS) is 22.3. The van der Waals surface area contributed by atoms with Gasteiger partial charge in [0.25, 0.3) is 0 Å². The third kappa shape index (κ3) is 1.30. The molecule has 2 aliphatic rings. The summed E-state index contributed by atoms with van der Waals surface area (Å²) in [7, 11) is 0. The van der Waals surface area contributed by atoms with Gasteiger partial charge in [-0.2, -0.15) is 0 Å². The van der Waals surface area contributed by atoms with E-state index in [0.29, 0.717) is 12.4 Å². The number of aliphatic imine (C=N–C) groups is 1. The second-order valence-corrected chi connectivity index (χ2v) is 4.16. The predicted octanol–water partition coefficient (Wildman–Crippen LogP) is 1.90. The highest BCUT2D eigenvalue weighted by atomic mass is 35.5. The number of halogens is 1. The first-order valence-electron chi connectivity index (χ1n) is 5.11. The predicted molar refractivity (Wildman–Crippen MR) is 63.2 cm³/mol. The van der Waals surface area contributed by atoms with E-state index in [2.05, 4.69) is 10.3 Å². The molecule has 2 amide bonds. The number of fused-ring (bicyclic) bond motifs is 3. The van der Waals surface area contributed by atoms with Crippen LogP contribution in [0.1, 0.15) is 5.56 Å². The monoisotopic (exact) mass is 235 g/mol. The molecule has 0 saturated carbocycles. The standard InChI is InChI=1S/C11H10ClN3O/c12-5-7-6-15-10(13-7)8-3-1-2-4-9(8)14-11(15)16/h1-4,7H,5-6H2,(H,14,16). The van der Waals surface area contributed by atoms with Gasteiger partial charge in [0.15, 0.2) is 0 Å². The van der Waals surface area contributed by atoms with Crippen molar-refractivity contribution in [3.8, 4) is 0 Å². The molecule has 0 radical (unpaired) electrons. The molecule has 0 saturated heterocycles. The molecule has 2 aliphatic heterocycles. The largest absolute Gasteiger partial charge is 0.327 e. The van der Waals surface area contributed by atoms with E-state index in [0.717, 1.165) is 17.1 Å². The maximum Gasteiger partial charge on any atom is 0.327 e. The molecule has 2 heterocycles. The van der Waals surface area contributed by atoms with Gasteiger partial charge in [0.1, 0.15) is 5.84 Å². The van der Waals surface area contributed by atoms with E-state index in [-0.39, 0.29) is 12.1 Å². The number of rotatable bonds is 1. The number of amidine groups is 1. The number of hydrogen-bond donors (Lipinski definition) is 1. The molecule has 0 bridgehead atoms. The van der Waals surface area contributed by atoms with E-state index < -0.39 is 0 Å². The van der Waals surface area contributed by atoms with Crippen LogP contribution in [0.25, 0.3) is 0 Å². The van der Waals surface area contributed by atoms with Crippen LogP contribution in [0.5, 0.6) is 0 Å². The molecule has 5 heteroatoms. The average molecular weight is 236 g/mol. The zero-order valence-electron chi connectivity index (χ0n) is 8.48. The van der Waals surface area contributed by atoms with Crippen LogP contribution >= 0.6 is 11.6 Å². The summed E-state index contributed by atoms with van der Waals surface area (Å²) in [5.41, 5.74) is 1.78. The van der Waals surface area contributed by atoms with Crippen molar-refractivity contribution in [1.82, 2.24) is 4.90 Å². The molecule has 82 valence electrons. The molecule has 0 aromatic heterocycles. The van der Waals surface area contributed by atoms with Gasteiger partial charge >= 0.3 is 6.03 Å². The zero-order chi connectivity index (χ0) is 11.1. The third-order valence-corrected chi connectivity index (χ3v) is 3.14. The van der Waals surface area contributed by atoms with Crippen molar-refractivity contribution in [3.05, 3.63) is 29.8 Å². The van der Waals surface area contributed by atoms with Gasteiger partial charge in [-0.05, 0) is 12.1 Å². The molecule has 0 spiro atoms. The number of anilines is 1. The number of carbonyl (C=O) groups excluding carboxylic acids is 1. The van der Waals surface area contributed by atoms with E-state index in [1.807, 2.05) is 24.3 Å². The summed E-state index contributed by atoms with van der Waals surface area (Å²) in [6.45, 7) is 0.568. The van der Waals surface area contributed by atoms with Gasteiger partial charge in [-0.25, -0.2) is 4.79 Å². The van der Waals surface area contributed by atoms with Crippen molar-refractivity contribution in [3.63, 3.8) is 0 Å². The molecule has 1 N–H and O–H groups in total. The van der Waals surface area contributed by atoms with Crippen LogP contribution in [-0.2, 0) is 0 Å². The molecule has 3 rings (SSSR count). The fraction of sp³-hybridized carbons (Fsp3) is 0.273. The van der Waals surface area contributed by atoms with Gasteiger partial charge in [-0.15, -0.1) is 11.6 Å². The first-order valence-corrected chi connectivity index (χ1v) is 5.65.